The minimum atomic E-state index is -0.305. The Morgan fingerprint density at radius 1 is 1.22 bits per heavy atom. The summed E-state index contributed by atoms with van der Waals surface area (Å²) in [5.74, 6) is 0.945. The fourth-order valence-corrected chi connectivity index (χ4v) is 3.99. The summed E-state index contributed by atoms with van der Waals surface area (Å²) in [6.45, 7) is 12.3. The van der Waals surface area contributed by atoms with E-state index in [0.717, 1.165) is 57.7 Å². The molecule has 5 nitrogen and oxygen atoms in total. The van der Waals surface area contributed by atoms with E-state index in [1.807, 2.05) is 24.8 Å². The highest BCUT2D eigenvalue weighted by molar-refractivity contribution is 7.99. The standard InChI is InChI=1S/C21H33N3O2S/c1-3-18-27-20-11-7-6-10-19(20)24-15-13-23(14-16-24)12-8-5-9-17-26-21(25)22-4-2/h3,6-7,10-11H,1,4-5,8-9,12-18H2,2H3,(H,22,25). The average Bonchev–Trinajstić information content (AvgIpc) is 2.70. The van der Waals surface area contributed by atoms with Gasteiger partial charge in [-0.15, -0.1) is 18.3 Å². The zero-order valence-electron chi connectivity index (χ0n) is 16.5. The van der Waals surface area contributed by atoms with Crippen LogP contribution in [0.3, 0.4) is 0 Å². The zero-order chi connectivity index (χ0) is 19.3. The Morgan fingerprint density at radius 2 is 2.00 bits per heavy atom. The van der Waals surface area contributed by atoms with Crippen LogP contribution in [0.25, 0.3) is 0 Å². The second kappa shape index (κ2) is 12.7. The van der Waals surface area contributed by atoms with E-state index in [4.69, 9.17) is 4.74 Å². The number of anilines is 1. The predicted molar refractivity (Wildman–Crippen MR) is 115 cm³/mol. The molecule has 1 fully saturated rings. The molecule has 150 valence electrons. The molecule has 2 rings (SSSR count). The second-order valence-electron chi connectivity index (χ2n) is 6.62. The van der Waals surface area contributed by atoms with Gasteiger partial charge >= 0.3 is 6.09 Å². The molecule has 0 atom stereocenters. The summed E-state index contributed by atoms with van der Waals surface area (Å²) in [4.78, 5) is 17.6. The smallest absolute Gasteiger partial charge is 0.407 e. The van der Waals surface area contributed by atoms with Crippen LogP contribution in [-0.4, -0.2) is 62.6 Å². The van der Waals surface area contributed by atoms with E-state index in [1.54, 1.807) is 0 Å². The maximum absolute atomic E-state index is 11.2. The van der Waals surface area contributed by atoms with Crippen LogP contribution in [0.15, 0.2) is 41.8 Å². The summed E-state index contributed by atoms with van der Waals surface area (Å²) in [6.07, 6.45) is 4.84. The van der Waals surface area contributed by atoms with Gasteiger partial charge in [0.1, 0.15) is 0 Å². The van der Waals surface area contributed by atoms with Crippen LogP contribution >= 0.6 is 11.8 Å². The molecule has 0 spiro atoms. The van der Waals surface area contributed by atoms with E-state index in [9.17, 15) is 4.79 Å². The van der Waals surface area contributed by atoms with Crippen molar-refractivity contribution >= 4 is 23.5 Å². The van der Waals surface area contributed by atoms with Crippen molar-refractivity contribution in [3.05, 3.63) is 36.9 Å². The molecule has 0 radical (unpaired) electrons. The summed E-state index contributed by atoms with van der Waals surface area (Å²) < 4.78 is 5.10. The van der Waals surface area contributed by atoms with Crippen molar-refractivity contribution in [2.45, 2.75) is 31.1 Å². The van der Waals surface area contributed by atoms with Gasteiger partial charge in [-0.1, -0.05) is 18.2 Å². The van der Waals surface area contributed by atoms with E-state index in [2.05, 4.69) is 46.0 Å². The van der Waals surface area contributed by atoms with E-state index in [-0.39, 0.29) is 6.09 Å². The van der Waals surface area contributed by atoms with Gasteiger partial charge in [0.25, 0.3) is 0 Å². The number of nitrogens with one attached hydrogen (secondary N) is 1. The van der Waals surface area contributed by atoms with Crippen LogP contribution in [0.4, 0.5) is 10.5 Å². The number of unbranched alkanes of at least 4 members (excludes halogenated alkanes) is 2. The average molecular weight is 392 g/mol. The molecule has 0 aromatic heterocycles. The van der Waals surface area contributed by atoms with Crippen molar-refractivity contribution in [3.63, 3.8) is 0 Å². The third-order valence-corrected chi connectivity index (χ3v) is 5.67. The number of thioether (sulfide) groups is 1. The SMILES string of the molecule is C=CCSc1ccccc1N1CCN(CCCCCOC(=O)NCC)CC1. The maximum Gasteiger partial charge on any atom is 0.407 e. The summed E-state index contributed by atoms with van der Waals surface area (Å²) in [5, 5.41) is 2.64. The summed E-state index contributed by atoms with van der Waals surface area (Å²) in [6, 6.07) is 8.68. The predicted octanol–water partition coefficient (Wildman–Crippen LogP) is 4.00. The number of alkyl carbamates (subject to hydrolysis) is 1. The number of carbonyl (C=O) groups excluding carboxylic acids is 1. The van der Waals surface area contributed by atoms with Crippen LogP contribution in [0, 0.1) is 0 Å². The molecule has 1 aliphatic rings. The van der Waals surface area contributed by atoms with Crippen molar-refractivity contribution in [2.24, 2.45) is 0 Å². The van der Waals surface area contributed by atoms with E-state index in [0.29, 0.717) is 13.2 Å². The Morgan fingerprint density at radius 3 is 2.74 bits per heavy atom. The first-order valence-corrected chi connectivity index (χ1v) is 10.9. The molecule has 6 heteroatoms. The number of amides is 1. The van der Waals surface area contributed by atoms with Gasteiger partial charge in [-0.05, 0) is 44.9 Å². The molecule has 1 aliphatic heterocycles. The molecular weight excluding hydrogens is 358 g/mol. The molecule has 1 amide bonds. The summed E-state index contributed by atoms with van der Waals surface area (Å²) >= 11 is 1.85. The Balaban J connectivity index is 1.63. The van der Waals surface area contributed by atoms with Crippen molar-refractivity contribution in [1.82, 2.24) is 10.2 Å². The van der Waals surface area contributed by atoms with Crippen molar-refractivity contribution in [2.75, 3.05) is 56.5 Å². The van der Waals surface area contributed by atoms with Crippen LogP contribution in [0.5, 0.6) is 0 Å². The Bertz CT molecular complexity index is 574. The normalized spacial score (nSPS) is 14.8. The van der Waals surface area contributed by atoms with Crippen molar-refractivity contribution < 1.29 is 9.53 Å². The number of hydrogen-bond acceptors (Lipinski definition) is 5. The topological polar surface area (TPSA) is 44.8 Å². The number of para-hydroxylation sites is 1. The Labute approximate surface area is 168 Å². The van der Waals surface area contributed by atoms with Crippen LogP contribution in [0.2, 0.25) is 0 Å². The highest BCUT2D eigenvalue weighted by Gasteiger charge is 2.18. The van der Waals surface area contributed by atoms with Crippen LogP contribution < -0.4 is 10.2 Å². The third-order valence-electron chi connectivity index (χ3n) is 4.61. The summed E-state index contributed by atoms with van der Waals surface area (Å²) in [5.41, 5.74) is 1.35. The highest BCUT2D eigenvalue weighted by Crippen LogP contribution is 2.30. The van der Waals surface area contributed by atoms with Gasteiger partial charge in [0.15, 0.2) is 0 Å². The van der Waals surface area contributed by atoms with Gasteiger partial charge < -0.3 is 15.0 Å². The molecule has 1 saturated heterocycles. The number of piperazine rings is 1. The molecule has 0 aliphatic carbocycles. The number of carbonyl (C=O) groups is 1. The second-order valence-corrected chi connectivity index (χ2v) is 7.68. The molecule has 0 unspecified atom stereocenters. The van der Waals surface area contributed by atoms with E-state index < -0.39 is 0 Å². The van der Waals surface area contributed by atoms with Crippen LogP contribution in [-0.2, 0) is 4.74 Å². The summed E-state index contributed by atoms with van der Waals surface area (Å²) in [7, 11) is 0. The Kier molecular flexibility index (Phi) is 10.2. The molecule has 1 aromatic rings. The quantitative estimate of drug-likeness (QED) is 0.351. The maximum atomic E-state index is 11.2. The van der Waals surface area contributed by atoms with Crippen LogP contribution in [0.1, 0.15) is 26.2 Å². The van der Waals surface area contributed by atoms with Gasteiger partial charge in [-0.3, -0.25) is 4.90 Å². The number of rotatable bonds is 11. The molecular formula is C21H33N3O2S. The molecule has 1 aromatic carbocycles. The van der Waals surface area contributed by atoms with E-state index in [1.165, 1.54) is 10.6 Å². The van der Waals surface area contributed by atoms with Crippen molar-refractivity contribution in [3.8, 4) is 0 Å². The van der Waals surface area contributed by atoms with Gasteiger partial charge in [0.05, 0.1) is 12.3 Å². The molecule has 0 bridgehead atoms. The van der Waals surface area contributed by atoms with E-state index >= 15 is 0 Å². The first-order chi connectivity index (χ1) is 13.2. The van der Waals surface area contributed by atoms with Gasteiger partial charge in [-0.2, -0.15) is 0 Å². The zero-order valence-corrected chi connectivity index (χ0v) is 17.3. The fourth-order valence-electron chi connectivity index (χ4n) is 3.18. The van der Waals surface area contributed by atoms with Gasteiger partial charge in [0, 0.05) is 43.4 Å². The minimum absolute atomic E-state index is 0.305. The van der Waals surface area contributed by atoms with Gasteiger partial charge in [0.2, 0.25) is 0 Å². The molecule has 0 saturated carbocycles. The largest absolute Gasteiger partial charge is 0.450 e. The number of ether oxygens (including phenoxy) is 1. The van der Waals surface area contributed by atoms with Crippen molar-refractivity contribution in [1.29, 1.82) is 0 Å². The number of hydrogen-bond donors (Lipinski definition) is 1. The molecule has 27 heavy (non-hydrogen) atoms. The Hall–Kier alpha value is -1.66. The first kappa shape index (κ1) is 21.6. The number of benzene rings is 1. The molecule has 1 heterocycles. The lowest BCUT2D eigenvalue weighted by atomic mass is 10.2. The lowest BCUT2D eigenvalue weighted by Gasteiger charge is -2.37. The lowest BCUT2D eigenvalue weighted by molar-refractivity contribution is 0.143. The molecule has 1 N–H and O–H groups in total. The first-order valence-electron chi connectivity index (χ1n) is 9.95. The monoisotopic (exact) mass is 391 g/mol. The highest BCUT2D eigenvalue weighted by atomic mass is 32.2. The van der Waals surface area contributed by atoms with Gasteiger partial charge in [-0.25, -0.2) is 4.79 Å². The minimum Gasteiger partial charge on any atom is -0.450 e. The fraction of sp³-hybridized carbons (Fsp3) is 0.571. The lowest BCUT2D eigenvalue weighted by Crippen LogP contribution is -2.46. The number of nitrogens with zero attached hydrogens (tertiary/aromatic N) is 2. The third kappa shape index (κ3) is 7.85.